The second kappa shape index (κ2) is 5.77. The Kier molecular flexibility index (Phi) is 4.29. The standard InChI is InChI=1S/C13H22N2O4/c1-9-3-6-15(11(7-9)12(16)17)13(18)14-5-4-10(8-14)19-2/h9-11H,3-8H2,1-2H3,(H,16,17). The van der Waals surface area contributed by atoms with Crippen molar-refractivity contribution in [2.24, 2.45) is 5.92 Å². The Morgan fingerprint density at radius 3 is 2.58 bits per heavy atom. The van der Waals surface area contributed by atoms with Crippen LogP contribution in [-0.4, -0.2) is 65.8 Å². The summed E-state index contributed by atoms with van der Waals surface area (Å²) in [6, 6.07) is -0.836. The Hall–Kier alpha value is -1.30. The van der Waals surface area contributed by atoms with Gasteiger partial charge in [0.15, 0.2) is 0 Å². The van der Waals surface area contributed by atoms with E-state index in [1.165, 1.54) is 4.90 Å². The lowest BCUT2D eigenvalue weighted by Gasteiger charge is -2.38. The summed E-state index contributed by atoms with van der Waals surface area (Å²) in [5.74, 6) is -0.544. The number of hydrogen-bond donors (Lipinski definition) is 1. The molecular weight excluding hydrogens is 248 g/mol. The van der Waals surface area contributed by atoms with Gasteiger partial charge in [-0.3, -0.25) is 0 Å². The summed E-state index contributed by atoms with van der Waals surface area (Å²) >= 11 is 0. The summed E-state index contributed by atoms with van der Waals surface area (Å²) < 4.78 is 5.24. The first-order chi connectivity index (χ1) is 9.02. The molecule has 108 valence electrons. The number of rotatable bonds is 2. The lowest BCUT2D eigenvalue weighted by molar-refractivity contribution is -0.144. The first-order valence-corrected chi connectivity index (χ1v) is 6.84. The van der Waals surface area contributed by atoms with Crippen LogP contribution >= 0.6 is 0 Å². The summed E-state index contributed by atoms with van der Waals surface area (Å²) in [6.07, 6.45) is 2.32. The Bertz CT molecular complexity index is 361. The second-order valence-corrected chi connectivity index (χ2v) is 5.55. The minimum absolute atomic E-state index is 0.0796. The van der Waals surface area contributed by atoms with Crippen LogP contribution in [0, 0.1) is 5.92 Å². The molecule has 2 rings (SSSR count). The molecule has 0 radical (unpaired) electrons. The number of likely N-dealkylation sites (tertiary alicyclic amines) is 2. The van der Waals surface area contributed by atoms with Crippen LogP contribution in [0.5, 0.6) is 0 Å². The first kappa shape index (κ1) is 14.1. The molecule has 0 aromatic heterocycles. The van der Waals surface area contributed by atoms with Gasteiger partial charge in [-0.1, -0.05) is 6.92 Å². The molecule has 2 fully saturated rings. The maximum absolute atomic E-state index is 12.4. The van der Waals surface area contributed by atoms with Gasteiger partial charge >= 0.3 is 12.0 Å². The van der Waals surface area contributed by atoms with Crippen molar-refractivity contribution in [1.82, 2.24) is 9.80 Å². The number of aliphatic carboxylic acids is 1. The molecule has 6 heteroatoms. The average molecular weight is 270 g/mol. The van der Waals surface area contributed by atoms with Crippen LogP contribution in [0.25, 0.3) is 0 Å². The summed E-state index contributed by atoms with van der Waals surface area (Å²) in [4.78, 5) is 27.0. The molecule has 0 spiro atoms. The van der Waals surface area contributed by atoms with E-state index in [-0.39, 0.29) is 12.1 Å². The number of piperidine rings is 1. The minimum Gasteiger partial charge on any atom is -0.480 e. The lowest BCUT2D eigenvalue weighted by atomic mass is 9.93. The maximum Gasteiger partial charge on any atom is 0.326 e. The molecule has 6 nitrogen and oxygen atoms in total. The fraction of sp³-hybridized carbons (Fsp3) is 0.846. The van der Waals surface area contributed by atoms with Gasteiger partial charge in [0.05, 0.1) is 6.10 Å². The fourth-order valence-electron chi connectivity index (χ4n) is 2.88. The zero-order chi connectivity index (χ0) is 14.0. The molecule has 0 aromatic carbocycles. The van der Waals surface area contributed by atoms with Gasteiger partial charge in [-0.05, 0) is 25.2 Å². The molecule has 0 aromatic rings. The smallest absolute Gasteiger partial charge is 0.326 e. The van der Waals surface area contributed by atoms with Gasteiger partial charge in [-0.15, -0.1) is 0 Å². The van der Waals surface area contributed by atoms with E-state index in [4.69, 9.17) is 4.74 Å². The van der Waals surface area contributed by atoms with E-state index in [1.807, 2.05) is 6.92 Å². The number of amides is 2. The number of hydrogen-bond acceptors (Lipinski definition) is 3. The molecule has 0 bridgehead atoms. The summed E-state index contributed by atoms with van der Waals surface area (Å²) in [5.41, 5.74) is 0. The van der Waals surface area contributed by atoms with Gasteiger partial charge < -0.3 is 19.6 Å². The van der Waals surface area contributed by atoms with E-state index in [1.54, 1.807) is 12.0 Å². The topological polar surface area (TPSA) is 70.1 Å². The number of carbonyl (C=O) groups excluding carboxylic acids is 1. The third-order valence-electron chi connectivity index (χ3n) is 4.14. The van der Waals surface area contributed by atoms with Gasteiger partial charge in [0.1, 0.15) is 6.04 Å². The Morgan fingerprint density at radius 1 is 1.26 bits per heavy atom. The highest BCUT2D eigenvalue weighted by Gasteiger charge is 2.38. The van der Waals surface area contributed by atoms with Crippen molar-refractivity contribution >= 4 is 12.0 Å². The number of urea groups is 1. The molecule has 2 saturated heterocycles. The van der Waals surface area contributed by atoms with Crippen molar-refractivity contribution in [1.29, 1.82) is 0 Å². The first-order valence-electron chi connectivity index (χ1n) is 6.84. The predicted octanol–water partition coefficient (Wildman–Crippen LogP) is 1.01. The fourth-order valence-corrected chi connectivity index (χ4v) is 2.88. The van der Waals surface area contributed by atoms with Crippen molar-refractivity contribution in [3.8, 4) is 0 Å². The van der Waals surface area contributed by atoms with Gasteiger partial charge in [-0.2, -0.15) is 0 Å². The van der Waals surface area contributed by atoms with Crippen molar-refractivity contribution in [3.63, 3.8) is 0 Å². The molecule has 2 heterocycles. The van der Waals surface area contributed by atoms with Gasteiger partial charge in [0, 0.05) is 26.7 Å². The largest absolute Gasteiger partial charge is 0.480 e. The number of carbonyl (C=O) groups is 2. The molecule has 2 aliphatic heterocycles. The summed E-state index contributed by atoms with van der Waals surface area (Å²) in [7, 11) is 1.64. The van der Waals surface area contributed by atoms with Crippen molar-refractivity contribution < 1.29 is 19.4 Å². The van der Waals surface area contributed by atoms with Crippen LogP contribution in [0.1, 0.15) is 26.2 Å². The van der Waals surface area contributed by atoms with Crippen LogP contribution in [0.4, 0.5) is 4.79 Å². The zero-order valence-electron chi connectivity index (χ0n) is 11.5. The number of nitrogens with zero attached hydrogens (tertiary/aromatic N) is 2. The second-order valence-electron chi connectivity index (χ2n) is 5.55. The van der Waals surface area contributed by atoms with Crippen LogP contribution in [0.15, 0.2) is 0 Å². The van der Waals surface area contributed by atoms with Crippen LogP contribution in [-0.2, 0) is 9.53 Å². The van der Waals surface area contributed by atoms with E-state index in [0.717, 1.165) is 12.8 Å². The van der Waals surface area contributed by atoms with Crippen LogP contribution in [0.3, 0.4) is 0 Å². The maximum atomic E-state index is 12.4. The van der Waals surface area contributed by atoms with E-state index in [2.05, 4.69) is 0 Å². The Morgan fingerprint density at radius 2 is 2.00 bits per heavy atom. The number of carboxylic acid groups (broad SMARTS) is 1. The molecule has 0 aliphatic carbocycles. The minimum atomic E-state index is -0.901. The molecule has 19 heavy (non-hydrogen) atoms. The predicted molar refractivity (Wildman–Crippen MR) is 68.9 cm³/mol. The molecular formula is C13H22N2O4. The molecule has 2 aliphatic rings. The highest BCUT2D eigenvalue weighted by Crippen LogP contribution is 2.25. The third-order valence-corrected chi connectivity index (χ3v) is 4.14. The SMILES string of the molecule is COC1CCN(C(=O)N2CCC(C)CC2C(=O)O)C1. The van der Waals surface area contributed by atoms with E-state index in [0.29, 0.717) is 32.0 Å². The van der Waals surface area contributed by atoms with E-state index >= 15 is 0 Å². The summed E-state index contributed by atoms with van der Waals surface area (Å²) in [6.45, 7) is 3.78. The van der Waals surface area contributed by atoms with E-state index < -0.39 is 12.0 Å². The normalized spacial score (nSPS) is 31.6. The van der Waals surface area contributed by atoms with E-state index in [9.17, 15) is 14.7 Å². The van der Waals surface area contributed by atoms with Crippen LogP contribution < -0.4 is 0 Å². The summed E-state index contributed by atoms with van der Waals surface area (Å²) in [5, 5.41) is 9.28. The molecule has 1 N–H and O–H groups in total. The monoisotopic (exact) mass is 270 g/mol. The molecule has 3 unspecified atom stereocenters. The molecule has 2 amide bonds. The highest BCUT2D eigenvalue weighted by atomic mass is 16.5. The Labute approximate surface area is 113 Å². The van der Waals surface area contributed by atoms with Crippen molar-refractivity contribution in [2.45, 2.75) is 38.3 Å². The quantitative estimate of drug-likeness (QED) is 0.813. The number of methoxy groups -OCH3 is 1. The molecule has 3 atom stereocenters. The van der Waals surface area contributed by atoms with Gasteiger partial charge in [-0.25, -0.2) is 9.59 Å². The lowest BCUT2D eigenvalue weighted by Crippen LogP contribution is -2.54. The van der Waals surface area contributed by atoms with Crippen molar-refractivity contribution in [2.75, 3.05) is 26.7 Å². The van der Waals surface area contributed by atoms with Gasteiger partial charge in [0.25, 0.3) is 0 Å². The molecule has 0 saturated carbocycles. The Balaban J connectivity index is 2.02. The third kappa shape index (κ3) is 3.00. The van der Waals surface area contributed by atoms with Gasteiger partial charge in [0.2, 0.25) is 0 Å². The zero-order valence-corrected chi connectivity index (χ0v) is 11.5. The number of carboxylic acids is 1. The van der Waals surface area contributed by atoms with Crippen molar-refractivity contribution in [3.05, 3.63) is 0 Å². The highest BCUT2D eigenvalue weighted by molar-refractivity contribution is 5.83. The van der Waals surface area contributed by atoms with Crippen LogP contribution in [0.2, 0.25) is 0 Å². The average Bonchev–Trinajstić information content (AvgIpc) is 2.86. The number of ether oxygens (including phenoxy) is 1.